The number of benzene rings is 1. The maximum Gasteiger partial charge on any atom is 0.573 e. The number of nitriles is 1. The van der Waals surface area contributed by atoms with Crippen molar-refractivity contribution in [1.29, 1.82) is 5.26 Å². The Hall–Kier alpha value is -1.94. The summed E-state index contributed by atoms with van der Waals surface area (Å²) in [6.07, 6.45) is -5.30. The van der Waals surface area contributed by atoms with Gasteiger partial charge in [0.1, 0.15) is 6.07 Å². The van der Waals surface area contributed by atoms with Gasteiger partial charge < -0.3 is 9.47 Å². The van der Waals surface area contributed by atoms with Gasteiger partial charge in [0, 0.05) is 0 Å². The summed E-state index contributed by atoms with van der Waals surface area (Å²) in [6, 6.07) is 3.92. The zero-order valence-electron chi connectivity index (χ0n) is 10.3. The van der Waals surface area contributed by atoms with Gasteiger partial charge in [-0.2, -0.15) is 5.26 Å². The van der Waals surface area contributed by atoms with Crippen LogP contribution in [0.25, 0.3) is 0 Å². The molecule has 0 atom stereocenters. The van der Waals surface area contributed by atoms with Crippen LogP contribution in [0.3, 0.4) is 0 Å². The molecule has 0 bridgehead atoms. The van der Waals surface area contributed by atoms with E-state index >= 15 is 0 Å². The number of hydrogen-bond donors (Lipinski definition) is 0. The Labute approximate surface area is 117 Å². The van der Waals surface area contributed by atoms with E-state index in [1.165, 1.54) is 12.1 Å². The molecule has 0 aromatic heterocycles. The SMILES string of the molecule is CCOC(=O)Cc1ccc(C#N)c(OC(F)(F)F)c1Cl. The minimum absolute atomic E-state index is 0.0865. The first-order valence-electron chi connectivity index (χ1n) is 5.41. The van der Waals surface area contributed by atoms with Crippen LogP contribution in [0.5, 0.6) is 5.75 Å². The number of halogens is 4. The highest BCUT2D eigenvalue weighted by molar-refractivity contribution is 6.33. The molecule has 4 nitrogen and oxygen atoms in total. The van der Waals surface area contributed by atoms with Crippen molar-refractivity contribution in [2.24, 2.45) is 0 Å². The van der Waals surface area contributed by atoms with Gasteiger partial charge in [0.15, 0.2) is 5.75 Å². The van der Waals surface area contributed by atoms with Crippen molar-refractivity contribution in [2.75, 3.05) is 6.61 Å². The Kier molecular flexibility index (Phi) is 5.22. The molecule has 0 aliphatic rings. The molecule has 0 heterocycles. The predicted molar refractivity (Wildman–Crippen MR) is 63.2 cm³/mol. The lowest BCUT2D eigenvalue weighted by Gasteiger charge is -2.14. The van der Waals surface area contributed by atoms with Crippen LogP contribution in [0, 0.1) is 11.3 Å². The van der Waals surface area contributed by atoms with Gasteiger partial charge in [-0.1, -0.05) is 17.7 Å². The number of ether oxygens (including phenoxy) is 2. The zero-order chi connectivity index (χ0) is 15.3. The van der Waals surface area contributed by atoms with Crippen LogP contribution < -0.4 is 4.74 Å². The highest BCUT2D eigenvalue weighted by Gasteiger charge is 2.34. The van der Waals surface area contributed by atoms with Crippen molar-refractivity contribution < 1.29 is 27.4 Å². The topological polar surface area (TPSA) is 59.3 Å². The van der Waals surface area contributed by atoms with E-state index in [-0.39, 0.29) is 24.2 Å². The Morgan fingerprint density at radius 2 is 2.10 bits per heavy atom. The lowest BCUT2D eigenvalue weighted by atomic mass is 10.1. The van der Waals surface area contributed by atoms with Crippen LogP contribution in [-0.2, 0) is 16.0 Å². The van der Waals surface area contributed by atoms with Gasteiger partial charge in [-0.05, 0) is 18.6 Å². The van der Waals surface area contributed by atoms with E-state index < -0.39 is 23.1 Å². The molecule has 108 valence electrons. The first-order chi connectivity index (χ1) is 9.28. The largest absolute Gasteiger partial charge is 0.573 e. The summed E-state index contributed by atoms with van der Waals surface area (Å²) in [6.45, 7) is 1.73. The van der Waals surface area contributed by atoms with E-state index in [2.05, 4.69) is 9.47 Å². The van der Waals surface area contributed by atoms with Crippen molar-refractivity contribution in [3.05, 3.63) is 28.3 Å². The summed E-state index contributed by atoms with van der Waals surface area (Å²) in [4.78, 5) is 11.3. The van der Waals surface area contributed by atoms with Gasteiger partial charge >= 0.3 is 12.3 Å². The summed E-state index contributed by atoms with van der Waals surface area (Å²) in [5.41, 5.74) is -0.289. The van der Waals surface area contributed by atoms with Gasteiger partial charge in [-0.25, -0.2) is 0 Å². The van der Waals surface area contributed by atoms with Gasteiger partial charge in [0.25, 0.3) is 0 Å². The summed E-state index contributed by atoms with van der Waals surface area (Å²) in [7, 11) is 0. The molecule has 0 N–H and O–H groups in total. The molecule has 0 radical (unpaired) electrons. The number of nitrogens with zero attached hydrogens (tertiary/aromatic N) is 1. The third kappa shape index (κ3) is 4.31. The Morgan fingerprint density at radius 1 is 1.45 bits per heavy atom. The first-order valence-corrected chi connectivity index (χ1v) is 5.79. The van der Waals surface area contributed by atoms with E-state index in [0.29, 0.717) is 0 Å². The van der Waals surface area contributed by atoms with E-state index in [1.807, 2.05) is 0 Å². The van der Waals surface area contributed by atoms with Gasteiger partial charge in [0.05, 0.1) is 23.6 Å². The predicted octanol–water partition coefficient (Wildman–Crippen LogP) is 3.22. The smallest absolute Gasteiger partial charge is 0.466 e. The Bertz CT molecular complexity index is 552. The number of carbonyl (C=O) groups excluding carboxylic acids is 1. The van der Waals surface area contributed by atoms with Gasteiger partial charge in [0.2, 0.25) is 0 Å². The van der Waals surface area contributed by atoms with Crippen molar-refractivity contribution in [2.45, 2.75) is 19.7 Å². The standard InChI is InChI=1S/C12H9ClF3NO3/c1-2-19-9(18)5-7-3-4-8(6-17)11(10(7)13)20-12(14,15)16/h3-4H,2,5H2,1H3. The van der Waals surface area contributed by atoms with Crippen LogP contribution in [0.15, 0.2) is 12.1 Å². The van der Waals surface area contributed by atoms with Crippen molar-refractivity contribution >= 4 is 17.6 Å². The normalized spacial score (nSPS) is 10.8. The van der Waals surface area contributed by atoms with Crippen LogP contribution >= 0.6 is 11.6 Å². The van der Waals surface area contributed by atoms with Crippen LogP contribution in [0.2, 0.25) is 5.02 Å². The summed E-state index contributed by atoms with van der Waals surface area (Å²) in [5.74, 6) is -1.46. The molecule has 0 aliphatic carbocycles. The average molecular weight is 308 g/mol. The highest BCUT2D eigenvalue weighted by atomic mass is 35.5. The average Bonchev–Trinajstić information content (AvgIpc) is 2.33. The number of esters is 1. The second kappa shape index (κ2) is 6.48. The van der Waals surface area contributed by atoms with Crippen molar-refractivity contribution in [3.63, 3.8) is 0 Å². The maximum absolute atomic E-state index is 12.3. The molecule has 1 rings (SSSR count). The molecule has 0 saturated carbocycles. The quantitative estimate of drug-likeness (QED) is 0.801. The lowest BCUT2D eigenvalue weighted by Crippen LogP contribution is -2.18. The Morgan fingerprint density at radius 3 is 2.60 bits per heavy atom. The second-order valence-electron chi connectivity index (χ2n) is 3.56. The maximum atomic E-state index is 12.3. The Balaban J connectivity index is 3.15. The van der Waals surface area contributed by atoms with E-state index in [9.17, 15) is 18.0 Å². The minimum atomic E-state index is -4.99. The fourth-order valence-electron chi connectivity index (χ4n) is 1.40. The molecule has 0 saturated heterocycles. The zero-order valence-corrected chi connectivity index (χ0v) is 11.0. The first kappa shape index (κ1) is 16.1. The monoisotopic (exact) mass is 307 g/mol. The molecule has 0 unspecified atom stereocenters. The molecule has 1 aromatic carbocycles. The molecular formula is C12H9ClF3NO3. The second-order valence-corrected chi connectivity index (χ2v) is 3.93. The molecule has 20 heavy (non-hydrogen) atoms. The van der Waals surface area contributed by atoms with Gasteiger partial charge in [-0.3, -0.25) is 4.79 Å². The van der Waals surface area contributed by atoms with Crippen LogP contribution in [0.4, 0.5) is 13.2 Å². The molecule has 0 fully saturated rings. The van der Waals surface area contributed by atoms with Crippen LogP contribution in [-0.4, -0.2) is 18.9 Å². The molecule has 0 aliphatic heterocycles. The highest BCUT2D eigenvalue weighted by Crippen LogP contribution is 2.36. The van der Waals surface area contributed by atoms with E-state index in [1.54, 1.807) is 6.92 Å². The molecular weight excluding hydrogens is 299 g/mol. The fourth-order valence-corrected chi connectivity index (χ4v) is 1.67. The minimum Gasteiger partial charge on any atom is -0.466 e. The summed E-state index contributed by atoms with van der Waals surface area (Å²) >= 11 is 5.76. The summed E-state index contributed by atoms with van der Waals surface area (Å²) < 4.78 is 45.2. The number of alkyl halides is 3. The third-order valence-electron chi connectivity index (χ3n) is 2.16. The molecule has 8 heteroatoms. The fraction of sp³-hybridized carbons (Fsp3) is 0.333. The van der Waals surface area contributed by atoms with Crippen LogP contribution in [0.1, 0.15) is 18.1 Å². The molecule has 0 amide bonds. The van der Waals surface area contributed by atoms with E-state index in [0.717, 1.165) is 6.07 Å². The number of rotatable bonds is 4. The number of hydrogen-bond acceptors (Lipinski definition) is 4. The third-order valence-corrected chi connectivity index (χ3v) is 2.57. The lowest BCUT2D eigenvalue weighted by molar-refractivity contribution is -0.274. The van der Waals surface area contributed by atoms with Gasteiger partial charge in [-0.15, -0.1) is 13.2 Å². The number of carbonyl (C=O) groups is 1. The molecule has 0 spiro atoms. The molecule has 1 aromatic rings. The van der Waals surface area contributed by atoms with Crippen molar-refractivity contribution in [3.8, 4) is 11.8 Å². The van der Waals surface area contributed by atoms with E-state index in [4.69, 9.17) is 16.9 Å². The summed E-state index contributed by atoms with van der Waals surface area (Å²) in [5, 5.41) is 8.31. The van der Waals surface area contributed by atoms with Crippen molar-refractivity contribution in [1.82, 2.24) is 0 Å².